The van der Waals surface area contributed by atoms with Crippen LogP contribution in [-0.4, -0.2) is 4.57 Å². The first kappa shape index (κ1) is 40.1. The monoisotopic (exact) mass is 880 g/mol. The highest BCUT2D eigenvalue weighted by Gasteiger charge is 2.17. The highest BCUT2D eigenvalue weighted by atomic mass is 16.3. The van der Waals surface area contributed by atoms with Gasteiger partial charge in [0.1, 0.15) is 11.2 Å². The number of rotatable bonds is 9. The first-order valence-electron chi connectivity index (χ1n) is 23.6. The van der Waals surface area contributed by atoms with Gasteiger partial charge in [0.2, 0.25) is 0 Å². The molecule has 2 aromatic heterocycles. The Labute approximate surface area is 401 Å². The lowest BCUT2D eigenvalue weighted by Crippen LogP contribution is -2.10. The van der Waals surface area contributed by atoms with E-state index in [1.165, 1.54) is 66.3 Å². The largest absolute Gasteiger partial charge is 0.456 e. The summed E-state index contributed by atoms with van der Waals surface area (Å²) in [5.74, 6) is 0. The molecule has 3 nitrogen and oxygen atoms in total. The van der Waals surface area contributed by atoms with E-state index in [1.54, 1.807) is 0 Å². The molecule has 0 bridgehead atoms. The Morgan fingerprint density at radius 2 is 0.710 bits per heavy atom. The Morgan fingerprint density at radius 3 is 1.33 bits per heavy atom. The van der Waals surface area contributed by atoms with Crippen LogP contribution in [-0.2, 0) is 0 Å². The van der Waals surface area contributed by atoms with E-state index in [4.69, 9.17) is 4.42 Å². The molecule has 0 aliphatic heterocycles. The number of para-hydroxylation sites is 3. The van der Waals surface area contributed by atoms with E-state index in [0.717, 1.165) is 55.8 Å². The smallest absolute Gasteiger partial charge is 0.136 e. The molecule has 0 saturated carbocycles. The summed E-state index contributed by atoms with van der Waals surface area (Å²) in [6.45, 7) is 0. The summed E-state index contributed by atoms with van der Waals surface area (Å²) < 4.78 is 8.58. The van der Waals surface area contributed by atoms with Crippen molar-refractivity contribution in [3.05, 3.63) is 267 Å². The summed E-state index contributed by atoms with van der Waals surface area (Å²) in [5, 5.41) is 4.83. The molecule has 0 fully saturated rings. The van der Waals surface area contributed by atoms with Crippen molar-refractivity contribution in [1.29, 1.82) is 0 Å². The Balaban J connectivity index is 0.801. The van der Waals surface area contributed by atoms with Gasteiger partial charge in [-0.05, 0) is 128 Å². The minimum atomic E-state index is 0.908. The third-order valence-corrected chi connectivity index (χ3v) is 13.6. The number of hydrogen-bond donors (Lipinski definition) is 0. The summed E-state index contributed by atoms with van der Waals surface area (Å²) in [7, 11) is 0. The molecule has 0 radical (unpaired) electrons. The van der Waals surface area contributed by atoms with E-state index in [-0.39, 0.29) is 0 Å². The predicted molar refractivity (Wildman–Crippen MR) is 290 cm³/mol. The number of benzene rings is 11. The molecule has 0 amide bonds. The Morgan fingerprint density at radius 1 is 0.275 bits per heavy atom. The zero-order valence-corrected chi connectivity index (χ0v) is 37.7. The SMILES string of the molecule is c1ccc(-c2cccc(N(c3ccc(-c4ccc(-c5cccc(-n6c7ccccc7c7ccccc76)c5)cc4)cc3)c3ccc(-c4ccc(-c5cccc6oc7ccccc7c56)cc4)cc3)c2)cc1. The first-order chi connectivity index (χ1) is 34.2. The molecule has 0 saturated heterocycles. The molecular formula is C66H44N2O. The second-order valence-corrected chi connectivity index (χ2v) is 17.7. The highest BCUT2D eigenvalue weighted by molar-refractivity contribution is 6.12. The summed E-state index contributed by atoms with van der Waals surface area (Å²) in [4.78, 5) is 2.35. The van der Waals surface area contributed by atoms with Crippen LogP contribution in [0, 0.1) is 0 Å². The van der Waals surface area contributed by atoms with E-state index in [2.05, 4.69) is 264 Å². The van der Waals surface area contributed by atoms with Crippen LogP contribution in [0.25, 0.3) is 105 Å². The minimum absolute atomic E-state index is 0.908. The van der Waals surface area contributed by atoms with Crippen LogP contribution in [0.15, 0.2) is 271 Å². The van der Waals surface area contributed by atoms with Gasteiger partial charge in [0.05, 0.1) is 11.0 Å². The molecule has 0 N–H and O–H groups in total. The molecule has 13 aromatic rings. The van der Waals surface area contributed by atoms with Crippen molar-refractivity contribution >= 4 is 60.8 Å². The predicted octanol–water partition coefficient (Wildman–Crippen LogP) is 18.5. The Bertz CT molecular complexity index is 3920. The fraction of sp³-hybridized carbons (Fsp3) is 0. The third kappa shape index (κ3) is 7.25. The van der Waals surface area contributed by atoms with Crippen molar-refractivity contribution in [2.75, 3.05) is 4.90 Å². The number of fused-ring (bicyclic) bond motifs is 6. The van der Waals surface area contributed by atoms with Crippen molar-refractivity contribution in [1.82, 2.24) is 4.57 Å². The van der Waals surface area contributed by atoms with Crippen molar-refractivity contribution in [2.24, 2.45) is 0 Å². The number of anilines is 3. The molecule has 0 atom stereocenters. The van der Waals surface area contributed by atoms with Crippen molar-refractivity contribution in [3.8, 4) is 61.3 Å². The van der Waals surface area contributed by atoms with Gasteiger partial charge in [-0.15, -0.1) is 0 Å². The lowest BCUT2D eigenvalue weighted by atomic mass is 9.97. The molecule has 0 aliphatic carbocycles. The van der Waals surface area contributed by atoms with Gasteiger partial charge >= 0.3 is 0 Å². The van der Waals surface area contributed by atoms with Gasteiger partial charge in [0.15, 0.2) is 0 Å². The fourth-order valence-electron chi connectivity index (χ4n) is 10.2. The average molecular weight is 881 g/mol. The topological polar surface area (TPSA) is 21.3 Å². The number of aromatic nitrogens is 1. The standard InChI is InChI=1S/C66H44N2O/c1-2-13-45(14-3-1)52-15-10-17-56(43-52)67(55-41-37-49(38-42-55)47-31-33-51(34-32-47)58-22-12-26-65-66(58)61-21-6-9-25-64(61)69-65)54-39-35-48(36-40-54)46-27-29-50(30-28-46)53-16-11-18-57(44-53)68-62-23-7-4-19-59(62)60-20-5-8-24-63(60)68/h1-44H. The lowest BCUT2D eigenvalue weighted by molar-refractivity contribution is 0.669. The second kappa shape index (κ2) is 16.9. The third-order valence-electron chi connectivity index (χ3n) is 13.6. The average Bonchev–Trinajstić information content (AvgIpc) is 3.98. The highest BCUT2D eigenvalue weighted by Crippen LogP contribution is 2.41. The summed E-state index contributed by atoms with van der Waals surface area (Å²) in [6, 6.07) is 96.0. The maximum absolute atomic E-state index is 6.20. The van der Waals surface area contributed by atoms with Crippen LogP contribution >= 0.6 is 0 Å². The zero-order valence-electron chi connectivity index (χ0n) is 37.7. The van der Waals surface area contributed by atoms with Gasteiger partial charge in [-0.3, -0.25) is 0 Å². The number of hydrogen-bond acceptors (Lipinski definition) is 2. The zero-order chi connectivity index (χ0) is 45.7. The molecule has 3 heteroatoms. The quantitative estimate of drug-likeness (QED) is 0.144. The summed E-state index contributed by atoms with van der Waals surface area (Å²) in [6.07, 6.45) is 0. The van der Waals surface area contributed by atoms with Crippen molar-refractivity contribution < 1.29 is 4.42 Å². The lowest BCUT2D eigenvalue weighted by Gasteiger charge is -2.26. The minimum Gasteiger partial charge on any atom is -0.456 e. The van der Waals surface area contributed by atoms with E-state index in [9.17, 15) is 0 Å². The van der Waals surface area contributed by atoms with E-state index >= 15 is 0 Å². The molecule has 11 aromatic carbocycles. The molecular weight excluding hydrogens is 837 g/mol. The maximum atomic E-state index is 6.20. The van der Waals surface area contributed by atoms with Crippen molar-refractivity contribution in [3.63, 3.8) is 0 Å². The molecule has 2 heterocycles. The molecule has 13 rings (SSSR count). The number of nitrogens with zero attached hydrogens (tertiary/aromatic N) is 2. The Hall–Kier alpha value is -9.18. The normalized spacial score (nSPS) is 11.5. The van der Waals surface area contributed by atoms with E-state index < -0.39 is 0 Å². The van der Waals surface area contributed by atoms with Gasteiger partial charge in [0, 0.05) is 44.3 Å². The van der Waals surface area contributed by atoms with Crippen LogP contribution in [0.1, 0.15) is 0 Å². The molecule has 0 aliphatic rings. The molecule has 0 spiro atoms. The maximum Gasteiger partial charge on any atom is 0.136 e. The second-order valence-electron chi connectivity index (χ2n) is 17.7. The van der Waals surface area contributed by atoms with E-state index in [1.807, 2.05) is 12.1 Å². The van der Waals surface area contributed by atoms with Gasteiger partial charge in [-0.2, -0.15) is 0 Å². The van der Waals surface area contributed by atoms with Gasteiger partial charge < -0.3 is 13.9 Å². The fourth-order valence-corrected chi connectivity index (χ4v) is 10.2. The summed E-state index contributed by atoms with van der Waals surface area (Å²) in [5.41, 5.74) is 20.4. The van der Waals surface area contributed by atoms with Crippen LogP contribution in [0.5, 0.6) is 0 Å². The van der Waals surface area contributed by atoms with Crippen molar-refractivity contribution in [2.45, 2.75) is 0 Å². The van der Waals surface area contributed by atoms with Crippen LogP contribution in [0.4, 0.5) is 17.1 Å². The Kier molecular flexibility index (Phi) is 9.84. The first-order valence-corrected chi connectivity index (χ1v) is 23.6. The van der Waals surface area contributed by atoms with Crippen LogP contribution in [0.3, 0.4) is 0 Å². The number of furan rings is 1. The van der Waals surface area contributed by atoms with Gasteiger partial charge in [-0.25, -0.2) is 0 Å². The molecule has 69 heavy (non-hydrogen) atoms. The van der Waals surface area contributed by atoms with Gasteiger partial charge in [-0.1, -0.05) is 194 Å². The van der Waals surface area contributed by atoms with Crippen LogP contribution in [0.2, 0.25) is 0 Å². The van der Waals surface area contributed by atoms with E-state index in [0.29, 0.717) is 0 Å². The molecule has 324 valence electrons. The van der Waals surface area contributed by atoms with Gasteiger partial charge in [0.25, 0.3) is 0 Å². The summed E-state index contributed by atoms with van der Waals surface area (Å²) >= 11 is 0. The van der Waals surface area contributed by atoms with Crippen LogP contribution < -0.4 is 4.90 Å². The molecule has 0 unspecified atom stereocenters.